The summed E-state index contributed by atoms with van der Waals surface area (Å²) in [7, 11) is 0. The van der Waals surface area contributed by atoms with Crippen LogP contribution in [0.3, 0.4) is 0 Å². The first-order valence-electron chi connectivity index (χ1n) is 12.7. The van der Waals surface area contributed by atoms with Crippen molar-refractivity contribution in [3.05, 3.63) is 107 Å². The van der Waals surface area contributed by atoms with Crippen LogP contribution in [-0.4, -0.2) is 42.1 Å². The summed E-state index contributed by atoms with van der Waals surface area (Å²) >= 11 is 0. The van der Waals surface area contributed by atoms with Crippen LogP contribution in [-0.2, 0) is 4.74 Å². The summed E-state index contributed by atoms with van der Waals surface area (Å²) in [5, 5.41) is 3.59. The van der Waals surface area contributed by atoms with Gasteiger partial charge in [-0.3, -0.25) is 4.79 Å². The fraction of sp³-hybridized carbons (Fsp3) is 0.300. The number of rotatable bonds is 11. The Morgan fingerprint density at radius 1 is 1.08 bits per heavy atom. The van der Waals surface area contributed by atoms with E-state index in [9.17, 15) is 4.79 Å². The van der Waals surface area contributed by atoms with Crippen molar-refractivity contribution in [2.45, 2.75) is 38.1 Å². The number of aryl methyl sites for hydroxylation is 1. The molecule has 192 valence electrons. The maximum Gasteiger partial charge on any atom is 0.175 e. The maximum absolute atomic E-state index is 11.0. The Kier molecular flexibility index (Phi) is 9.18. The van der Waals surface area contributed by atoms with Crippen molar-refractivity contribution in [1.82, 2.24) is 15.3 Å². The van der Waals surface area contributed by atoms with E-state index in [1.807, 2.05) is 18.2 Å². The van der Waals surface area contributed by atoms with Gasteiger partial charge in [0, 0.05) is 42.2 Å². The summed E-state index contributed by atoms with van der Waals surface area (Å²) in [6, 6.07) is 18.0. The van der Waals surface area contributed by atoms with Gasteiger partial charge in [-0.15, -0.1) is 0 Å². The van der Waals surface area contributed by atoms with Gasteiger partial charge < -0.3 is 21.5 Å². The number of nitrogens with zero attached hydrogens (tertiary/aromatic N) is 2. The van der Waals surface area contributed by atoms with Crippen LogP contribution in [0.25, 0.3) is 11.4 Å². The maximum atomic E-state index is 11.0. The summed E-state index contributed by atoms with van der Waals surface area (Å²) in [6.07, 6.45) is 8.57. The summed E-state index contributed by atoms with van der Waals surface area (Å²) in [4.78, 5) is 19.6. The lowest BCUT2D eigenvalue weighted by atomic mass is 9.92. The zero-order valence-corrected chi connectivity index (χ0v) is 21.3. The fourth-order valence-corrected chi connectivity index (χ4v) is 4.62. The SMILES string of the molecule is Cc1ccc([C@H]2CCNC2COCCCC(/C=C(\N)c2ccc(C=O)cc2)=C(/N)c2ncccn2)cc1. The zero-order chi connectivity index (χ0) is 26.0. The Morgan fingerprint density at radius 2 is 1.81 bits per heavy atom. The van der Waals surface area contributed by atoms with E-state index in [4.69, 9.17) is 16.2 Å². The van der Waals surface area contributed by atoms with Crippen molar-refractivity contribution in [3.8, 4) is 0 Å². The highest BCUT2D eigenvalue weighted by molar-refractivity contribution is 5.77. The van der Waals surface area contributed by atoms with Crippen molar-refractivity contribution in [3.63, 3.8) is 0 Å². The monoisotopic (exact) mass is 497 g/mol. The van der Waals surface area contributed by atoms with Gasteiger partial charge in [-0.1, -0.05) is 54.1 Å². The molecule has 7 heteroatoms. The van der Waals surface area contributed by atoms with E-state index in [0.717, 1.165) is 36.8 Å². The minimum atomic E-state index is 0.311. The summed E-state index contributed by atoms with van der Waals surface area (Å²) in [5.74, 6) is 0.935. The second-order valence-corrected chi connectivity index (χ2v) is 9.40. The van der Waals surface area contributed by atoms with Crippen LogP contribution in [0.5, 0.6) is 0 Å². The lowest BCUT2D eigenvalue weighted by molar-refractivity contribution is 0.110. The molecule has 1 aromatic heterocycles. The second kappa shape index (κ2) is 12.9. The van der Waals surface area contributed by atoms with Crippen LogP contribution in [0.4, 0.5) is 0 Å². The second-order valence-electron chi connectivity index (χ2n) is 9.40. The quantitative estimate of drug-likeness (QED) is 0.206. The minimum Gasteiger partial charge on any atom is -0.398 e. The van der Waals surface area contributed by atoms with Gasteiger partial charge in [0.05, 0.1) is 12.3 Å². The van der Waals surface area contributed by atoms with Crippen molar-refractivity contribution in [2.24, 2.45) is 11.5 Å². The summed E-state index contributed by atoms with van der Waals surface area (Å²) < 4.78 is 6.10. The molecule has 4 rings (SSSR count). The van der Waals surface area contributed by atoms with Crippen molar-refractivity contribution >= 4 is 17.7 Å². The van der Waals surface area contributed by atoms with Crippen LogP contribution in [0.15, 0.2) is 78.6 Å². The molecule has 0 aliphatic carbocycles. The molecular weight excluding hydrogens is 462 g/mol. The number of hydrogen-bond donors (Lipinski definition) is 3. The number of allylic oxidation sites excluding steroid dienone is 2. The third-order valence-electron chi connectivity index (χ3n) is 6.75. The highest BCUT2D eigenvalue weighted by Crippen LogP contribution is 2.28. The van der Waals surface area contributed by atoms with Gasteiger partial charge in [-0.05, 0) is 61.6 Å². The van der Waals surface area contributed by atoms with Crippen molar-refractivity contribution < 1.29 is 9.53 Å². The Balaban J connectivity index is 1.39. The topological polar surface area (TPSA) is 116 Å². The fourth-order valence-electron chi connectivity index (χ4n) is 4.62. The molecule has 0 saturated carbocycles. The zero-order valence-electron chi connectivity index (χ0n) is 21.3. The van der Waals surface area contributed by atoms with E-state index in [-0.39, 0.29) is 0 Å². The molecule has 5 N–H and O–H groups in total. The molecular formula is C30H35N5O2. The lowest BCUT2D eigenvalue weighted by Gasteiger charge is -2.20. The average Bonchev–Trinajstić information content (AvgIpc) is 3.41. The number of carbonyl (C=O) groups excluding carboxylic acids is 1. The van der Waals surface area contributed by atoms with Crippen LogP contribution >= 0.6 is 0 Å². The predicted octanol–water partition coefficient (Wildman–Crippen LogP) is 4.21. The van der Waals surface area contributed by atoms with E-state index < -0.39 is 0 Å². The number of carbonyl (C=O) groups is 1. The molecule has 2 heterocycles. The Bertz CT molecular complexity index is 1220. The first kappa shape index (κ1) is 26.3. The van der Waals surface area contributed by atoms with Crippen LogP contribution in [0.1, 0.15) is 58.1 Å². The molecule has 1 aliphatic rings. The van der Waals surface area contributed by atoms with Gasteiger partial charge in [0.2, 0.25) is 0 Å². The Hall–Kier alpha value is -3.81. The highest BCUT2D eigenvalue weighted by atomic mass is 16.5. The number of nitrogens with one attached hydrogen (secondary N) is 1. The third-order valence-corrected chi connectivity index (χ3v) is 6.75. The van der Waals surface area contributed by atoms with E-state index in [1.54, 1.807) is 30.6 Å². The molecule has 1 aliphatic heterocycles. The lowest BCUT2D eigenvalue weighted by Crippen LogP contribution is -2.31. The molecule has 37 heavy (non-hydrogen) atoms. The normalized spacial score (nSPS) is 18.5. The van der Waals surface area contributed by atoms with Gasteiger partial charge >= 0.3 is 0 Å². The minimum absolute atomic E-state index is 0.311. The molecule has 0 bridgehead atoms. The molecule has 0 amide bonds. The molecule has 3 aromatic rings. The van der Waals surface area contributed by atoms with E-state index in [0.29, 0.717) is 54.4 Å². The molecule has 2 atom stereocenters. The van der Waals surface area contributed by atoms with Gasteiger partial charge in [-0.25, -0.2) is 9.97 Å². The summed E-state index contributed by atoms with van der Waals surface area (Å²) in [6.45, 7) is 4.39. The Labute approximate surface area is 218 Å². The smallest absolute Gasteiger partial charge is 0.175 e. The van der Waals surface area contributed by atoms with E-state index in [1.165, 1.54) is 11.1 Å². The molecule has 0 spiro atoms. The van der Waals surface area contributed by atoms with Crippen LogP contribution < -0.4 is 16.8 Å². The number of aldehydes is 1. The standard InChI is InChI=1S/C30H35N5O2/c1-21-5-9-23(10-6-21)26-13-16-33-28(26)20-37-17-2-4-25(29(32)30-34-14-3-15-35-30)18-27(31)24-11-7-22(19-36)8-12-24/h3,5-12,14-15,18-19,26,28,33H,2,4,13,16-17,20,31-32H2,1H3/b27-18-,29-25-/t26-,28?/m1/s1. The van der Waals surface area contributed by atoms with Gasteiger partial charge in [0.15, 0.2) is 5.82 Å². The van der Waals surface area contributed by atoms with E-state index >= 15 is 0 Å². The number of ether oxygens (including phenoxy) is 1. The highest BCUT2D eigenvalue weighted by Gasteiger charge is 2.28. The molecule has 1 saturated heterocycles. The van der Waals surface area contributed by atoms with E-state index in [2.05, 4.69) is 46.5 Å². The Morgan fingerprint density at radius 3 is 2.51 bits per heavy atom. The van der Waals surface area contributed by atoms with Crippen LogP contribution in [0, 0.1) is 6.92 Å². The molecule has 0 radical (unpaired) electrons. The van der Waals surface area contributed by atoms with Gasteiger partial charge in [0.25, 0.3) is 0 Å². The first-order chi connectivity index (χ1) is 18.0. The molecule has 2 aromatic carbocycles. The van der Waals surface area contributed by atoms with Crippen LogP contribution in [0.2, 0.25) is 0 Å². The average molecular weight is 498 g/mol. The van der Waals surface area contributed by atoms with Gasteiger partial charge in [-0.2, -0.15) is 0 Å². The molecule has 1 fully saturated rings. The number of hydrogen-bond acceptors (Lipinski definition) is 7. The number of aromatic nitrogens is 2. The largest absolute Gasteiger partial charge is 0.398 e. The van der Waals surface area contributed by atoms with Gasteiger partial charge in [0.1, 0.15) is 6.29 Å². The molecule has 7 nitrogen and oxygen atoms in total. The number of nitrogens with two attached hydrogens (primary N) is 2. The number of benzene rings is 2. The van der Waals surface area contributed by atoms with Crippen molar-refractivity contribution in [2.75, 3.05) is 19.8 Å². The van der Waals surface area contributed by atoms with Crippen molar-refractivity contribution in [1.29, 1.82) is 0 Å². The summed E-state index contributed by atoms with van der Waals surface area (Å²) in [5.41, 5.74) is 18.8. The molecule has 1 unspecified atom stereocenters. The first-order valence-corrected chi connectivity index (χ1v) is 12.7. The predicted molar refractivity (Wildman–Crippen MR) is 148 cm³/mol. The third kappa shape index (κ3) is 7.12.